The molecule has 84 valence electrons. The number of allylic oxidation sites excluding steroid dienone is 2. The highest BCUT2D eigenvalue weighted by atomic mass is 16.1. The average molecular weight is 215 g/mol. The minimum atomic E-state index is -0.0229. The molecule has 16 heavy (non-hydrogen) atoms. The van der Waals surface area contributed by atoms with Crippen LogP contribution in [0.4, 0.5) is 5.69 Å². The third-order valence-corrected chi connectivity index (χ3v) is 2.91. The zero-order valence-electron chi connectivity index (χ0n) is 9.57. The molecule has 0 aliphatic heterocycles. The molecule has 0 fully saturated rings. The molecule has 1 amide bonds. The lowest BCUT2D eigenvalue weighted by Crippen LogP contribution is -2.06. The highest BCUT2D eigenvalue weighted by Crippen LogP contribution is 2.28. The van der Waals surface area contributed by atoms with Gasteiger partial charge in [-0.2, -0.15) is 0 Å². The minimum absolute atomic E-state index is 0.0229. The van der Waals surface area contributed by atoms with Crippen molar-refractivity contribution in [2.45, 2.75) is 32.1 Å². The van der Waals surface area contributed by atoms with Crippen molar-refractivity contribution in [2.24, 2.45) is 0 Å². The van der Waals surface area contributed by atoms with Crippen LogP contribution in [0.5, 0.6) is 0 Å². The van der Waals surface area contributed by atoms with E-state index >= 15 is 0 Å². The van der Waals surface area contributed by atoms with Crippen molar-refractivity contribution < 1.29 is 4.79 Å². The molecule has 1 aliphatic carbocycles. The molecule has 1 aromatic carbocycles. The molecular weight excluding hydrogens is 198 g/mol. The van der Waals surface area contributed by atoms with Gasteiger partial charge in [0.2, 0.25) is 5.91 Å². The number of anilines is 1. The lowest BCUT2D eigenvalue weighted by molar-refractivity contribution is -0.114. The van der Waals surface area contributed by atoms with Gasteiger partial charge in [0.25, 0.3) is 0 Å². The van der Waals surface area contributed by atoms with E-state index < -0.39 is 0 Å². The zero-order chi connectivity index (χ0) is 11.4. The van der Waals surface area contributed by atoms with E-state index in [4.69, 9.17) is 0 Å². The number of rotatable bonds is 2. The molecule has 1 aromatic rings. The largest absolute Gasteiger partial charge is 0.326 e. The Labute approximate surface area is 96.4 Å². The van der Waals surface area contributed by atoms with Crippen molar-refractivity contribution >= 4 is 11.6 Å². The predicted octanol–water partition coefficient (Wildman–Crippen LogP) is 3.47. The normalized spacial score (nSPS) is 19.4. The Morgan fingerprint density at radius 1 is 1.31 bits per heavy atom. The zero-order valence-corrected chi connectivity index (χ0v) is 9.57. The summed E-state index contributed by atoms with van der Waals surface area (Å²) < 4.78 is 0. The van der Waals surface area contributed by atoms with Gasteiger partial charge >= 0.3 is 0 Å². The highest BCUT2D eigenvalue weighted by molar-refractivity contribution is 5.88. The van der Waals surface area contributed by atoms with Crippen LogP contribution >= 0.6 is 0 Å². The number of nitrogens with one attached hydrogen (secondary N) is 1. The highest BCUT2D eigenvalue weighted by Gasteiger charge is 2.10. The van der Waals surface area contributed by atoms with Crippen molar-refractivity contribution in [3.05, 3.63) is 42.0 Å². The molecule has 1 unspecified atom stereocenters. The van der Waals surface area contributed by atoms with Crippen molar-refractivity contribution in [1.82, 2.24) is 0 Å². The van der Waals surface area contributed by atoms with Crippen LogP contribution in [-0.2, 0) is 4.79 Å². The maximum atomic E-state index is 10.9. The molecule has 2 nitrogen and oxygen atoms in total. The van der Waals surface area contributed by atoms with Crippen LogP contribution in [0.3, 0.4) is 0 Å². The number of carbonyl (C=O) groups is 1. The molecule has 1 atom stereocenters. The quantitative estimate of drug-likeness (QED) is 0.752. The summed E-state index contributed by atoms with van der Waals surface area (Å²) in [6.45, 7) is 1.53. The van der Waals surface area contributed by atoms with Gasteiger partial charge in [-0.1, -0.05) is 24.3 Å². The third-order valence-electron chi connectivity index (χ3n) is 2.91. The van der Waals surface area contributed by atoms with Gasteiger partial charge < -0.3 is 5.32 Å². The summed E-state index contributed by atoms with van der Waals surface area (Å²) in [5.74, 6) is 0.533. The standard InChI is InChI=1S/C14H17NO/c1-11(16)15-14-9-7-13(8-10-14)12-5-3-2-4-6-12/h3,5,7-10,12H,2,4,6H2,1H3,(H,15,16). The minimum Gasteiger partial charge on any atom is -0.326 e. The first-order valence-corrected chi connectivity index (χ1v) is 5.80. The van der Waals surface area contributed by atoms with E-state index in [1.807, 2.05) is 12.1 Å². The number of carbonyl (C=O) groups excluding carboxylic acids is 1. The van der Waals surface area contributed by atoms with E-state index in [1.54, 1.807) is 0 Å². The number of hydrogen-bond donors (Lipinski definition) is 1. The van der Waals surface area contributed by atoms with Gasteiger partial charge in [-0.3, -0.25) is 4.79 Å². The Balaban J connectivity index is 2.09. The van der Waals surface area contributed by atoms with Crippen LogP contribution in [0, 0.1) is 0 Å². The van der Waals surface area contributed by atoms with E-state index in [0.29, 0.717) is 5.92 Å². The summed E-state index contributed by atoms with van der Waals surface area (Å²) in [5.41, 5.74) is 2.21. The summed E-state index contributed by atoms with van der Waals surface area (Å²) >= 11 is 0. The summed E-state index contributed by atoms with van der Waals surface area (Å²) in [4.78, 5) is 10.9. The Hall–Kier alpha value is -1.57. The van der Waals surface area contributed by atoms with Gasteiger partial charge in [0.05, 0.1) is 0 Å². The first-order chi connectivity index (χ1) is 7.75. The van der Waals surface area contributed by atoms with Crippen molar-refractivity contribution in [3.63, 3.8) is 0 Å². The Morgan fingerprint density at radius 3 is 2.62 bits per heavy atom. The second-order valence-electron chi connectivity index (χ2n) is 4.27. The van der Waals surface area contributed by atoms with Gasteiger partial charge in [-0.05, 0) is 37.0 Å². The first-order valence-electron chi connectivity index (χ1n) is 5.80. The molecule has 1 N–H and O–H groups in total. The summed E-state index contributed by atoms with van der Waals surface area (Å²) in [5, 5.41) is 2.78. The Morgan fingerprint density at radius 2 is 2.06 bits per heavy atom. The van der Waals surface area contributed by atoms with Gasteiger partial charge in [0.1, 0.15) is 0 Å². The van der Waals surface area contributed by atoms with Crippen LogP contribution < -0.4 is 5.32 Å². The number of amides is 1. The topological polar surface area (TPSA) is 29.1 Å². The number of benzene rings is 1. The molecule has 0 spiro atoms. The maximum Gasteiger partial charge on any atom is 0.221 e. The molecule has 0 bridgehead atoms. The van der Waals surface area contributed by atoms with E-state index in [9.17, 15) is 4.79 Å². The Kier molecular flexibility index (Phi) is 3.40. The van der Waals surface area contributed by atoms with E-state index in [0.717, 1.165) is 5.69 Å². The second-order valence-corrected chi connectivity index (χ2v) is 4.27. The lowest BCUT2D eigenvalue weighted by Gasteiger charge is -2.16. The van der Waals surface area contributed by atoms with Crippen LogP contribution in [0.15, 0.2) is 36.4 Å². The van der Waals surface area contributed by atoms with E-state index in [1.165, 1.54) is 31.7 Å². The van der Waals surface area contributed by atoms with Crippen molar-refractivity contribution in [1.29, 1.82) is 0 Å². The number of hydrogen-bond acceptors (Lipinski definition) is 1. The molecule has 0 saturated heterocycles. The maximum absolute atomic E-state index is 10.9. The summed E-state index contributed by atoms with van der Waals surface area (Å²) in [6, 6.07) is 8.15. The second kappa shape index (κ2) is 4.97. The third kappa shape index (κ3) is 2.72. The van der Waals surface area contributed by atoms with E-state index in [2.05, 4.69) is 29.6 Å². The smallest absolute Gasteiger partial charge is 0.221 e. The summed E-state index contributed by atoms with van der Waals surface area (Å²) in [6.07, 6.45) is 8.26. The fourth-order valence-electron chi connectivity index (χ4n) is 2.11. The SMILES string of the molecule is CC(=O)Nc1ccc(C2C=CCCC2)cc1. The average Bonchev–Trinajstić information content (AvgIpc) is 2.30. The molecule has 0 heterocycles. The predicted molar refractivity (Wildman–Crippen MR) is 66.5 cm³/mol. The summed E-state index contributed by atoms with van der Waals surface area (Å²) in [7, 11) is 0. The molecule has 0 aromatic heterocycles. The molecule has 0 radical (unpaired) electrons. The Bertz CT molecular complexity index is 392. The van der Waals surface area contributed by atoms with Crippen LogP contribution in [0.25, 0.3) is 0 Å². The fraction of sp³-hybridized carbons (Fsp3) is 0.357. The van der Waals surface area contributed by atoms with Crippen LogP contribution in [0.2, 0.25) is 0 Å². The monoisotopic (exact) mass is 215 g/mol. The molecule has 2 rings (SSSR count). The van der Waals surface area contributed by atoms with Gasteiger partial charge in [0.15, 0.2) is 0 Å². The van der Waals surface area contributed by atoms with E-state index in [-0.39, 0.29) is 5.91 Å². The molecule has 0 saturated carbocycles. The van der Waals surface area contributed by atoms with Crippen molar-refractivity contribution in [2.75, 3.05) is 5.32 Å². The molecular formula is C14H17NO. The van der Waals surface area contributed by atoms with Crippen LogP contribution in [0.1, 0.15) is 37.7 Å². The molecule has 1 aliphatic rings. The van der Waals surface area contributed by atoms with Gasteiger partial charge in [-0.15, -0.1) is 0 Å². The first kappa shape index (κ1) is 10.9. The van der Waals surface area contributed by atoms with Crippen LogP contribution in [-0.4, -0.2) is 5.91 Å². The van der Waals surface area contributed by atoms with Gasteiger partial charge in [0, 0.05) is 18.5 Å². The lowest BCUT2D eigenvalue weighted by atomic mass is 9.89. The molecule has 2 heteroatoms. The fourth-order valence-corrected chi connectivity index (χ4v) is 2.11. The van der Waals surface area contributed by atoms with Crippen molar-refractivity contribution in [3.8, 4) is 0 Å². The van der Waals surface area contributed by atoms with Gasteiger partial charge in [-0.25, -0.2) is 0 Å².